The Labute approximate surface area is 405 Å². The van der Waals surface area contributed by atoms with Crippen molar-refractivity contribution in [2.75, 3.05) is 65.8 Å². The average Bonchev–Trinajstić information content (AvgIpc) is 3.63. The molecule has 1 fully saturated rings. The summed E-state index contributed by atoms with van der Waals surface area (Å²) in [7, 11) is 7.71. The minimum Gasteiger partial charge on any atom is -0.478 e. The molecule has 3 aliphatic rings. The van der Waals surface area contributed by atoms with Crippen LogP contribution in [-0.4, -0.2) is 119 Å². The fourth-order valence-corrected chi connectivity index (χ4v) is 8.41. The zero-order chi connectivity index (χ0) is 50.8. The van der Waals surface area contributed by atoms with Crippen LogP contribution in [0.25, 0.3) is 33.4 Å². The molecule has 0 saturated carbocycles. The summed E-state index contributed by atoms with van der Waals surface area (Å²) in [4.78, 5) is 78.9. The Bertz CT molecular complexity index is 3350. The number of nitro groups is 2. The standard InChI is InChI=1S/C50H47N11O10/c1-29-46(53-52-34-10-7-31(8-11-34)48(63)57-19-21-58(22-20-57)49(64)33-23-37(60(67)68)26-38(24-33)61(69)70)30(2)59(54-29)18-17-51-47(62)32-9-14-39(42(25-32)50(65)66)45-40-15-12-35(55(3)4)27-43(40)71-44-28-36(56(5)6)13-16-41(44)45/h7-16,23-28H,17-22H2,1-6H3,(H-,51,62,65,66)/p+1. The Kier molecular flexibility index (Phi) is 13.5. The molecule has 3 amide bonds. The molecule has 4 aromatic carbocycles. The zero-order valence-corrected chi connectivity index (χ0v) is 39.6. The Morgan fingerprint density at radius 2 is 1.38 bits per heavy atom. The number of carbonyl (C=O) groups is 4. The van der Waals surface area contributed by atoms with Crippen molar-refractivity contribution >= 4 is 63.1 Å². The molecular formula is C50H48N11O10+. The molecule has 2 N–H and O–H groups in total. The largest absolute Gasteiger partial charge is 0.478 e. The van der Waals surface area contributed by atoms with Crippen LogP contribution < -0.4 is 20.1 Å². The van der Waals surface area contributed by atoms with Gasteiger partial charge in [-0.1, -0.05) is 6.07 Å². The summed E-state index contributed by atoms with van der Waals surface area (Å²) in [6.45, 7) is 4.64. The van der Waals surface area contributed by atoms with Crippen LogP contribution in [0.4, 0.5) is 28.4 Å². The zero-order valence-electron chi connectivity index (χ0n) is 39.6. The SMILES string of the molecule is Cc1nn(CCNC(=O)c2ccc(-c3c4ccc(=[N+](C)C)cc-4oc4cc(N(C)C)ccc34)c(C(=O)O)c2)c(C)c1N=Nc1ccc(C(=O)N2CCN(C(=O)c3cc([N+](=O)[O-])cc([N+](=O)[O-])c3)CC2)cc1. The summed E-state index contributed by atoms with van der Waals surface area (Å²) < 4.78 is 10.1. The summed E-state index contributed by atoms with van der Waals surface area (Å²) in [6, 6.07) is 25.5. The number of anilines is 1. The van der Waals surface area contributed by atoms with Crippen molar-refractivity contribution < 1.29 is 38.5 Å². The first kappa shape index (κ1) is 48.3. The highest BCUT2D eigenvalue weighted by Crippen LogP contribution is 2.42. The van der Waals surface area contributed by atoms with Crippen LogP contribution in [0.3, 0.4) is 0 Å². The minimum absolute atomic E-state index is 0.0416. The van der Waals surface area contributed by atoms with Crippen molar-refractivity contribution in [2.24, 2.45) is 10.2 Å². The lowest BCUT2D eigenvalue weighted by atomic mass is 9.89. The number of hydrogen-bond donors (Lipinski definition) is 2. The number of amides is 3. The van der Waals surface area contributed by atoms with Crippen LogP contribution in [0.5, 0.6) is 0 Å². The molecule has 1 saturated heterocycles. The number of benzene rings is 5. The summed E-state index contributed by atoms with van der Waals surface area (Å²) in [5.74, 6) is -1.96. The van der Waals surface area contributed by atoms with Crippen LogP contribution in [-0.2, 0) is 6.54 Å². The van der Waals surface area contributed by atoms with Crippen molar-refractivity contribution in [3.63, 3.8) is 0 Å². The molecule has 71 heavy (non-hydrogen) atoms. The number of carboxylic acid groups (broad SMARTS) is 1. The molecule has 0 bridgehead atoms. The molecule has 8 rings (SSSR count). The van der Waals surface area contributed by atoms with Crippen molar-refractivity contribution in [1.29, 1.82) is 0 Å². The van der Waals surface area contributed by atoms with Gasteiger partial charge in [-0.2, -0.15) is 10.2 Å². The van der Waals surface area contributed by atoms with Crippen LogP contribution in [0, 0.1) is 34.1 Å². The number of piperazine rings is 1. The number of fused-ring (bicyclic) bond motifs is 2. The van der Waals surface area contributed by atoms with E-state index >= 15 is 0 Å². The number of azo groups is 1. The van der Waals surface area contributed by atoms with E-state index in [1.807, 2.05) is 81.0 Å². The monoisotopic (exact) mass is 962 g/mol. The van der Waals surface area contributed by atoms with Crippen LogP contribution in [0.1, 0.15) is 52.8 Å². The summed E-state index contributed by atoms with van der Waals surface area (Å²) in [5, 5.41) is 51.0. The third-order valence-corrected chi connectivity index (χ3v) is 12.3. The molecular weight excluding hydrogens is 915 g/mol. The number of aromatic carboxylic acids is 1. The number of carboxylic acids is 1. The van der Waals surface area contributed by atoms with Gasteiger partial charge in [-0.05, 0) is 74.0 Å². The molecule has 21 nitrogen and oxygen atoms in total. The van der Waals surface area contributed by atoms with E-state index in [9.17, 15) is 44.5 Å². The van der Waals surface area contributed by atoms with Gasteiger partial charge in [-0.15, -0.1) is 5.11 Å². The third kappa shape index (κ3) is 10.0. The first-order valence-corrected chi connectivity index (χ1v) is 22.3. The number of non-ortho nitro benzene ring substituents is 2. The maximum Gasteiger partial charge on any atom is 0.336 e. The molecule has 0 spiro atoms. The molecule has 21 heteroatoms. The maximum atomic E-state index is 13.5. The van der Waals surface area contributed by atoms with Crippen LogP contribution in [0.2, 0.25) is 0 Å². The van der Waals surface area contributed by atoms with E-state index in [4.69, 9.17) is 4.42 Å². The highest BCUT2D eigenvalue weighted by molar-refractivity contribution is 6.09. The van der Waals surface area contributed by atoms with Gasteiger partial charge in [-0.3, -0.25) is 39.3 Å². The molecule has 0 unspecified atom stereocenters. The summed E-state index contributed by atoms with van der Waals surface area (Å²) in [6.07, 6.45) is 0. The number of carbonyl (C=O) groups excluding carboxylic acids is 3. The second-order valence-electron chi connectivity index (χ2n) is 17.3. The summed E-state index contributed by atoms with van der Waals surface area (Å²) in [5.41, 5.74) is 4.79. The molecule has 362 valence electrons. The fourth-order valence-electron chi connectivity index (χ4n) is 8.41. The van der Waals surface area contributed by atoms with E-state index in [0.29, 0.717) is 50.8 Å². The Hall–Kier alpha value is -9.14. The van der Waals surface area contributed by atoms with Gasteiger partial charge in [-0.25, -0.2) is 9.37 Å². The van der Waals surface area contributed by atoms with E-state index in [1.165, 1.54) is 11.0 Å². The molecule has 2 aliphatic heterocycles. The summed E-state index contributed by atoms with van der Waals surface area (Å²) >= 11 is 0. The minimum atomic E-state index is -1.19. The van der Waals surface area contributed by atoms with Gasteiger partial charge >= 0.3 is 5.97 Å². The second kappa shape index (κ2) is 19.8. The lowest BCUT2D eigenvalue weighted by molar-refractivity contribution is -0.394. The van der Waals surface area contributed by atoms with Gasteiger partial charge < -0.3 is 29.5 Å². The van der Waals surface area contributed by atoms with Crippen molar-refractivity contribution in [2.45, 2.75) is 20.4 Å². The number of nitrogens with one attached hydrogen (secondary N) is 1. The van der Waals surface area contributed by atoms with Gasteiger partial charge in [0.2, 0.25) is 5.36 Å². The molecule has 1 aliphatic carbocycles. The average molecular weight is 963 g/mol. The highest BCUT2D eigenvalue weighted by Gasteiger charge is 2.29. The third-order valence-electron chi connectivity index (χ3n) is 12.3. The lowest BCUT2D eigenvalue weighted by Gasteiger charge is -2.34. The Morgan fingerprint density at radius 3 is 1.99 bits per heavy atom. The lowest BCUT2D eigenvalue weighted by Crippen LogP contribution is -2.50. The Morgan fingerprint density at radius 1 is 0.761 bits per heavy atom. The number of nitro benzene ring substituents is 2. The molecule has 0 atom stereocenters. The molecule has 0 radical (unpaired) electrons. The van der Waals surface area contributed by atoms with Crippen LogP contribution in [0.15, 0.2) is 112 Å². The van der Waals surface area contributed by atoms with E-state index in [0.717, 1.165) is 40.2 Å². The van der Waals surface area contributed by atoms with Gasteiger partial charge in [0.15, 0.2) is 0 Å². The molecule has 1 aromatic heterocycles. The van der Waals surface area contributed by atoms with E-state index in [1.54, 1.807) is 52.9 Å². The van der Waals surface area contributed by atoms with E-state index in [-0.39, 0.29) is 61.9 Å². The van der Waals surface area contributed by atoms with Gasteiger partial charge in [0.1, 0.15) is 31.1 Å². The Balaban J connectivity index is 0.901. The van der Waals surface area contributed by atoms with Crippen molar-refractivity contribution in [3.8, 4) is 22.5 Å². The topological polar surface area (TPSA) is 255 Å². The van der Waals surface area contributed by atoms with Crippen molar-refractivity contribution in [1.82, 2.24) is 29.5 Å². The predicted molar refractivity (Wildman–Crippen MR) is 263 cm³/mol. The van der Waals surface area contributed by atoms with Gasteiger partial charge in [0.25, 0.3) is 29.1 Å². The van der Waals surface area contributed by atoms with Crippen LogP contribution >= 0.6 is 0 Å². The van der Waals surface area contributed by atoms with E-state index in [2.05, 4.69) is 20.6 Å². The maximum absolute atomic E-state index is 13.5. The number of rotatable bonds is 13. The predicted octanol–water partition coefficient (Wildman–Crippen LogP) is 7.07. The normalized spacial score (nSPS) is 12.6. The number of nitrogens with zero attached hydrogens (tertiary/aromatic N) is 10. The first-order valence-electron chi connectivity index (χ1n) is 22.3. The van der Waals surface area contributed by atoms with Gasteiger partial charge in [0, 0.05) is 104 Å². The number of aromatic nitrogens is 2. The second-order valence-corrected chi connectivity index (χ2v) is 17.3. The first-order chi connectivity index (χ1) is 33.9. The number of hydrogen-bond acceptors (Lipinski definition) is 13. The molecule has 5 aromatic rings. The smallest absolute Gasteiger partial charge is 0.336 e. The fraction of sp³-hybridized carbons (Fsp3) is 0.240. The van der Waals surface area contributed by atoms with Crippen molar-refractivity contribution in [3.05, 3.63) is 156 Å². The van der Waals surface area contributed by atoms with Gasteiger partial charge in [0.05, 0.1) is 56.7 Å². The number of aryl methyl sites for hydroxylation is 1. The highest BCUT2D eigenvalue weighted by atomic mass is 16.6. The quantitative estimate of drug-likeness (QED) is 0.0387. The molecule has 3 heterocycles. The van der Waals surface area contributed by atoms with E-state index < -0.39 is 39.0 Å².